The Morgan fingerprint density at radius 3 is 2.10 bits per heavy atom. The summed E-state index contributed by atoms with van der Waals surface area (Å²) in [4.78, 5) is 2.36. The summed E-state index contributed by atoms with van der Waals surface area (Å²) in [6.45, 7) is 7.03. The van der Waals surface area contributed by atoms with Gasteiger partial charge < -0.3 is 14.4 Å². The van der Waals surface area contributed by atoms with Crippen LogP contribution >= 0.6 is 0 Å². The molecule has 0 aromatic heterocycles. The van der Waals surface area contributed by atoms with Crippen LogP contribution in [-0.2, 0) is 4.74 Å². The third kappa shape index (κ3) is 7.36. The van der Waals surface area contributed by atoms with E-state index in [-0.39, 0.29) is 0 Å². The standard InChI is InChI=1S/C31H33F3N4O2/c1-5-7-17-38(18-8-6-2)25-16-15-23(28(19-25)39-4)13-11-9-10-12-14-27-26(22-37)29(24(20-35)21-36)40-30(27,3)31(32,33)34/h9-16,19H,5-8,17-18H2,1-4H3/b10-9+,13-11+,14-12+. The van der Waals surface area contributed by atoms with Gasteiger partial charge in [0.1, 0.15) is 29.5 Å². The van der Waals surface area contributed by atoms with Crippen LogP contribution in [0.3, 0.4) is 0 Å². The van der Waals surface area contributed by atoms with Crippen LogP contribution < -0.4 is 9.64 Å². The SMILES string of the molecule is CCCCN(CCCC)c1ccc(/C=C/C=C/C=C/C2=C(C#N)C(=C(C#N)C#N)OC2(C)C(F)(F)F)c(OC)c1. The normalized spacial score (nSPS) is 17.2. The second kappa shape index (κ2) is 14.7. The zero-order valence-corrected chi connectivity index (χ0v) is 23.2. The molecule has 0 spiro atoms. The van der Waals surface area contributed by atoms with E-state index >= 15 is 0 Å². The lowest BCUT2D eigenvalue weighted by atomic mass is 9.92. The molecule has 1 unspecified atom stereocenters. The highest BCUT2D eigenvalue weighted by Gasteiger charge is 2.60. The van der Waals surface area contributed by atoms with Crippen molar-refractivity contribution < 1.29 is 22.6 Å². The van der Waals surface area contributed by atoms with Gasteiger partial charge in [0.05, 0.1) is 7.11 Å². The average molecular weight is 551 g/mol. The minimum Gasteiger partial charge on any atom is -0.496 e. The summed E-state index contributed by atoms with van der Waals surface area (Å²) < 4.78 is 52.3. The first-order valence-electron chi connectivity index (χ1n) is 13.0. The third-order valence-electron chi connectivity index (χ3n) is 6.44. The van der Waals surface area contributed by atoms with Gasteiger partial charge in [0.15, 0.2) is 11.3 Å². The predicted octanol–water partition coefficient (Wildman–Crippen LogP) is 7.70. The Balaban J connectivity index is 2.30. The van der Waals surface area contributed by atoms with E-state index in [1.54, 1.807) is 25.3 Å². The minimum absolute atomic E-state index is 0.484. The van der Waals surface area contributed by atoms with E-state index in [0.29, 0.717) is 5.75 Å². The highest BCUT2D eigenvalue weighted by Crippen LogP contribution is 2.49. The van der Waals surface area contributed by atoms with Gasteiger partial charge in [-0.15, -0.1) is 0 Å². The Morgan fingerprint density at radius 1 is 1.00 bits per heavy atom. The Morgan fingerprint density at radius 2 is 1.60 bits per heavy atom. The smallest absolute Gasteiger partial charge is 0.432 e. The Kier molecular flexibility index (Phi) is 11.7. The van der Waals surface area contributed by atoms with Crippen molar-refractivity contribution in [2.75, 3.05) is 25.1 Å². The minimum atomic E-state index is -4.90. The maximum absolute atomic E-state index is 13.9. The lowest BCUT2D eigenvalue weighted by Crippen LogP contribution is -2.43. The number of alkyl halides is 3. The number of nitrogens with zero attached hydrogens (tertiary/aromatic N) is 4. The second-order valence-electron chi connectivity index (χ2n) is 9.18. The molecule has 0 amide bonds. The number of ether oxygens (including phenoxy) is 2. The maximum atomic E-state index is 13.9. The quantitative estimate of drug-likeness (QED) is 0.196. The number of methoxy groups -OCH3 is 1. The number of nitriles is 3. The monoisotopic (exact) mass is 550 g/mol. The number of anilines is 1. The molecular formula is C31H33F3N4O2. The number of unbranched alkanes of at least 4 members (excludes halogenated alkanes) is 2. The van der Waals surface area contributed by atoms with Gasteiger partial charge in [0, 0.05) is 36.0 Å². The zero-order valence-electron chi connectivity index (χ0n) is 23.2. The molecule has 1 aromatic carbocycles. The van der Waals surface area contributed by atoms with Crippen molar-refractivity contribution >= 4 is 11.8 Å². The van der Waals surface area contributed by atoms with Crippen molar-refractivity contribution in [3.8, 4) is 24.0 Å². The van der Waals surface area contributed by atoms with E-state index in [9.17, 15) is 18.4 Å². The van der Waals surface area contributed by atoms with Crippen molar-refractivity contribution in [2.45, 2.75) is 58.2 Å². The van der Waals surface area contributed by atoms with Gasteiger partial charge >= 0.3 is 6.18 Å². The van der Waals surface area contributed by atoms with Crippen molar-refractivity contribution in [2.24, 2.45) is 0 Å². The molecule has 1 atom stereocenters. The first kappa shape index (κ1) is 31.8. The molecule has 210 valence electrons. The van der Waals surface area contributed by atoms with Crippen molar-refractivity contribution in [1.82, 2.24) is 0 Å². The van der Waals surface area contributed by atoms with Crippen LogP contribution in [0.1, 0.15) is 52.0 Å². The number of hydrogen-bond acceptors (Lipinski definition) is 6. The topological polar surface area (TPSA) is 93.1 Å². The van der Waals surface area contributed by atoms with Crippen LogP contribution in [0.25, 0.3) is 6.08 Å². The van der Waals surface area contributed by atoms with E-state index in [4.69, 9.17) is 20.0 Å². The molecule has 1 aliphatic heterocycles. The Bertz CT molecular complexity index is 1310. The molecule has 0 bridgehead atoms. The molecule has 0 N–H and O–H groups in total. The molecule has 2 rings (SSSR count). The highest BCUT2D eigenvalue weighted by molar-refractivity contribution is 5.65. The summed E-state index contributed by atoms with van der Waals surface area (Å²) in [5, 5.41) is 27.7. The summed E-state index contributed by atoms with van der Waals surface area (Å²) in [7, 11) is 1.60. The van der Waals surface area contributed by atoms with Crippen LogP contribution in [0, 0.1) is 34.0 Å². The molecule has 1 aliphatic rings. The number of benzene rings is 1. The number of rotatable bonds is 12. The van der Waals surface area contributed by atoms with E-state index in [0.717, 1.165) is 63.0 Å². The van der Waals surface area contributed by atoms with Crippen molar-refractivity contribution in [3.63, 3.8) is 0 Å². The molecule has 9 heteroatoms. The molecule has 0 fully saturated rings. The largest absolute Gasteiger partial charge is 0.496 e. The number of hydrogen-bond donors (Lipinski definition) is 0. The van der Waals surface area contributed by atoms with Crippen LogP contribution in [0.2, 0.25) is 0 Å². The Hall–Kier alpha value is -4.42. The molecule has 40 heavy (non-hydrogen) atoms. The fraction of sp³-hybridized carbons (Fsp3) is 0.387. The van der Waals surface area contributed by atoms with Crippen LogP contribution in [0.5, 0.6) is 5.75 Å². The average Bonchev–Trinajstić information content (AvgIpc) is 3.23. The van der Waals surface area contributed by atoms with Gasteiger partial charge in [-0.1, -0.05) is 63.1 Å². The summed E-state index contributed by atoms with van der Waals surface area (Å²) in [5.74, 6) is 0.0306. The van der Waals surface area contributed by atoms with Crippen LogP contribution in [0.15, 0.2) is 71.1 Å². The first-order chi connectivity index (χ1) is 19.1. The summed E-state index contributed by atoms with van der Waals surface area (Å²) in [6, 6.07) is 10.6. The van der Waals surface area contributed by atoms with Gasteiger partial charge in [-0.3, -0.25) is 0 Å². The van der Waals surface area contributed by atoms with E-state index in [2.05, 4.69) is 18.7 Å². The molecule has 1 aromatic rings. The lowest BCUT2D eigenvalue weighted by Gasteiger charge is -2.28. The second-order valence-corrected chi connectivity index (χ2v) is 9.18. The Labute approximate surface area is 234 Å². The third-order valence-corrected chi connectivity index (χ3v) is 6.44. The van der Waals surface area contributed by atoms with Crippen molar-refractivity contribution in [3.05, 3.63) is 76.6 Å². The van der Waals surface area contributed by atoms with Crippen LogP contribution in [-0.4, -0.2) is 32.0 Å². The highest BCUT2D eigenvalue weighted by atomic mass is 19.4. The summed E-state index contributed by atoms with van der Waals surface area (Å²) in [5.41, 5.74) is -2.65. The molecule has 0 saturated carbocycles. The zero-order chi connectivity index (χ0) is 29.8. The number of halogens is 3. The maximum Gasteiger partial charge on any atom is 0.432 e. The van der Waals surface area contributed by atoms with Gasteiger partial charge in [0.25, 0.3) is 0 Å². The fourth-order valence-corrected chi connectivity index (χ4v) is 4.08. The lowest BCUT2D eigenvalue weighted by molar-refractivity contribution is -0.236. The molecular weight excluding hydrogens is 517 g/mol. The van der Waals surface area contributed by atoms with E-state index in [1.807, 2.05) is 24.3 Å². The molecule has 0 aliphatic carbocycles. The molecule has 0 saturated heterocycles. The van der Waals surface area contributed by atoms with Gasteiger partial charge in [0.2, 0.25) is 5.60 Å². The van der Waals surface area contributed by atoms with Crippen LogP contribution in [0.4, 0.5) is 18.9 Å². The molecule has 6 nitrogen and oxygen atoms in total. The summed E-state index contributed by atoms with van der Waals surface area (Å²) in [6.07, 6.45) is 8.62. The first-order valence-corrected chi connectivity index (χ1v) is 13.0. The summed E-state index contributed by atoms with van der Waals surface area (Å²) >= 11 is 0. The van der Waals surface area contributed by atoms with Crippen molar-refractivity contribution in [1.29, 1.82) is 15.8 Å². The van der Waals surface area contributed by atoms with Gasteiger partial charge in [-0.2, -0.15) is 29.0 Å². The van der Waals surface area contributed by atoms with Gasteiger partial charge in [-0.05, 0) is 31.9 Å². The molecule has 1 heterocycles. The van der Waals surface area contributed by atoms with Gasteiger partial charge in [-0.25, -0.2) is 0 Å². The fourth-order valence-electron chi connectivity index (χ4n) is 4.08. The number of allylic oxidation sites excluding steroid dienone is 6. The van der Waals surface area contributed by atoms with E-state index < -0.39 is 34.3 Å². The molecule has 0 radical (unpaired) electrons. The predicted molar refractivity (Wildman–Crippen MR) is 149 cm³/mol. The van der Waals surface area contributed by atoms with E-state index in [1.165, 1.54) is 24.3 Å².